The summed E-state index contributed by atoms with van der Waals surface area (Å²) < 4.78 is 33.6. The molecule has 1 heterocycles. The predicted octanol–water partition coefficient (Wildman–Crippen LogP) is 6.59. The molecule has 2 saturated carbocycles. The van der Waals surface area contributed by atoms with Crippen molar-refractivity contribution in [2.75, 3.05) is 13.2 Å². The maximum atomic E-state index is 14.2. The second kappa shape index (κ2) is 10.1. The SMILES string of the molecule is CC1=C(/C(F)=C(F)\C=N/CC2CCC(C3CCC(S)CC3)CC2)OCCC1. The Bertz CT molecular complexity index is 585. The minimum Gasteiger partial charge on any atom is -0.490 e. The van der Waals surface area contributed by atoms with Gasteiger partial charge in [-0.2, -0.15) is 17.0 Å². The molecule has 2 nitrogen and oxygen atoms in total. The Morgan fingerprint density at radius 2 is 1.70 bits per heavy atom. The monoisotopic (exact) mass is 397 g/mol. The molecule has 0 atom stereocenters. The third-order valence-corrected chi connectivity index (χ3v) is 7.12. The number of hydrogen-bond donors (Lipinski definition) is 1. The lowest BCUT2D eigenvalue weighted by Gasteiger charge is -2.36. The van der Waals surface area contributed by atoms with E-state index in [0.717, 1.165) is 49.3 Å². The Hall–Kier alpha value is -0.840. The largest absolute Gasteiger partial charge is 0.490 e. The minimum absolute atomic E-state index is 0.0710. The summed E-state index contributed by atoms with van der Waals surface area (Å²) in [6, 6.07) is 0. The topological polar surface area (TPSA) is 21.6 Å². The van der Waals surface area contributed by atoms with Gasteiger partial charge in [0, 0.05) is 11.8 Å². The van der Waals surface area contributed by atoms with Gasteiger partial charge in [-0.1, -0.05) is 0 Å². The molecule has 2 fully saturated rings. The Morgan fingerprint density at radius 1 is 1.07 bits per heavy atom. The van der Waals surface area contributed by atoms with Gasteiger partial charge in [-0.25, -0.2) is 4.39 Å². The van der Waals surface area contributed by atoms with Gasteiger partial charge in [0.2, 0.25) is 5.83 Å². The number of hydrogen-bond acceptors (Lipinski definition) is 3. The lowest BCUT2D eigenvalue weighted by atomic mass is 9.71. The van der Waals surface area contributed by atoms with Gasteiger partial charge in [-0.15, -0.1) is 0 Å². The number of rotatable bonds is 5. The number of aliphatic imine (C=N–C) groups is 1. The first-order chi connectivity index (χ1) is 13.0. The Kier molecular flexibility index (Phi) is 7.80. The molecular weight excluding hydrogens is 364 g/mol. The van der Waals surface area contributed by atoms with E-state index in [4.69, 9.17) is 4.74 Å². The van der Waals surface area contributed by atoms with Gasteiger partial charge in [-0.05, 0) is 94.5 Å². The van der Waals surface area contributed by atoms with E-state index in [1.165, 1.54) is 38.5 Å². The van der Waals surface area contributed by atoms with E-state index in [2.05, 4.69) is 17.6 Å². The summed E-state index contributed by atoms with van der Waals surface area (Å²) >= 11 is 4.60. The van der Waals surface area contributed by atoms with E-state index in [0.29, 0.717) is 24.3 Å². The third kappa shape index (κ3) is 5.82. The summed E-state index contributed by atoms with van der Waals surface area (Å²) in [5.74, 6) is 0.476. The maximum absolute atomic E-state index is 14.2. The van der Waals surface area contributed by atoms with E-state index in [-0.39, 0.29) is 5.76 Å². The highest BCUT2D eigenvalue weighted by Crippen LogP contribution is 2.40. The zero-order valence-corrected chi connectivity index (χ0v) is 17.3. The molecule has 152 valence electrons. The Labute approximate surface area is 168 Å². The quantitative estimate of drug-likeness (QED) is 0.410. The van der Waals surface area contributed by atoms with Crippen molar-refractivity contribution in [3.63, 3.8) is 0 Å². The van der Waals surface area contributed by atoms with Crippen LogP contribution in [-0.4, -0.2) is 24.6 Å². The summed E-state index contributed by atoms with van der Waals surface area (Å²) in [5, 5.41) is 0.605. The standard InChI is InChI=1S/C22H33F2NOS/c1-15-3-2-12-26-22(15)21(24)20(23)14-25-13-16-4-6-17(7-5-16)18-8-10-19(27)11-9-18/h14,16-19,27H,2-13H2,1H3/b21-20-,25-14-. The van der Waals surface area contributed by atoms with Crippen LogP contribution in [0.5, 0.6) is 0 Å². The van der Waals surface area contributed by atoms with E-state index >= 15 is 0 Å². The molecule has 0 aromatic heterocycles. The minimum atomic E-state index is -0.913. The highest BCUT2D eigenvalue weighted by molar-refractivity contribution is 7.80. The highest BCUT2D eigenvalue weighted by atomic mass is 32.1. The van der Waals surface area contributed by atoms with Crippen LogP contribution in [0.3, 0.4) is 0 Å². The van der Waals surface area contributed by atoms with Crippen LogP contribution in [-0.2, 0) is 4.74 Å². The zero-order chi connectivity index (χ0) is 19.2. The summed E-state index contributed by atoms with van der Waals surface area (Å²) in [6.45, 7) is 2.83. The van der Waals surface area contributed by atoms with E-state index in [1.54, 1.807) is 6.92 Å². The van der Waals surface area contributed by atoms with Gasteiger partial charge in [0.05, 0.1) is 12.8 Å². The van der Waals surface area contributed by atoms with Crippen LogP contribution in [0.1, 0.15) is 71.1 Å². The lowest BCUT2D eigenvalue weighted by molar-refractivity contribution is 0.171. The average molecular weight is 398 g/mol. The van der Waals surface area contributed by atoms with Crippen LogP contribution in [0, 0.1) is 17.8 Å². The van der Waals surface area contributed by atoms with Gasteiger partial charge in [0.15, 0.2) is 11.6 Å². The van der Waals surface area contributed by atoms with Crippen molar-refractivity contribution in [3.8, 4) is 0 Å². The zero-order valence-electron chi connectivity index (χ0n) is 16.4. The molecule has 2 aliphatic carbocycles. The van der Waals surface area contributed by atoms with Crippen molar-refractivity contribution in [1.29, 1.82) is 0 Å². The third-order valence-electron chi connectivity index (χ3n) is 6.61. The fraction of sp³-hybridized carbons (Fsp3) is 0.773. The molecular formula is C22H33F2NOS. The molecule has 0 aromatic carbocycles. The second-order valence-electron chi connectivity index (χ2n) is 8.57. The van der Waals surface area contributed by atoms with Crippen LogP contribution in [0.2, 0.25) is 0 Å². The number of halogens is 2. The summed E-state index contributed by atoms with van der Waals surface area (Å²) in [7, 11) is 0. The Morgan fingerprint density at radius 3 is 2.33 bits per heavy atom. The van der Waals surface area contributed by atoms with Crippen molar-refractivity contribution in [2.45, 2.75) is 76.4 Å². The second-order valence-corrected chi connectivity index (χ2v) is 9.30. The normalized spacial score (nSPS) is 33.8. The smallest absolute Gasteiger partial charge is 0.202 e. The number of thiol groups is 1. The average Bonchev–Trinajstić information content (AvgIpc) is 2.69. The van der Waals surface area contributed by atoms with Crippen molar-refractivity contribution in [3.05, 3.63) is 23.0 Å². The maximum Gasteiger partial charge on any atom is 0.202 e. The molecule has 0 unspecified atom stereocenters. The van der Waals surface area contributed by atoms with Gasteiger partial charge in [0.1, 0.15) is 0 Å². The summed E-state index contributed by atoms with van der Waals surface area (Å²) in [5.41, 5.74) is 0.771. The van der Waals surface area contributed by atoms with E-state index in [1.807, 2.05) is 0 Å². The van der Waals surface area contributed by atoms with Crippen molar-refractivity contribution in [1.82, 2.24) is 0 Å². The van der Waals surface area contributed by atoms with Gasteiger partial charge in [-0.3, -0.25) is 4.99 Å². The fourth-order valence-electron chi connectivity index (χ4n) is 4.86. The number of nitrogens with zero attached hydrogens (tertiary/aromatic N) is 1. The number of ether oxygens (including phenoxy) is 1. The fourth-order valence-corrected chi connectivity index (χ4v) is 5.16. The molecule has 0 saturated heterocycles. The van der Waals surface area contributed by atoms with Crippen molar-refractivity contribution < 1.29 is 13.5 Å². The predicted molar refractivity (Wildman–Crippen MR) is 111 cm³/mol. The molecule has 27 heavy (non-hydrogen) atoms. The van der Waals surface area contributed by atoms with Gasteiger partial charge < -0.3 is 4.74 Å². The van der Waals surface area contributed by atoms with E-state index < -0.39 is 11.7 Å². The molecule has 0 spiro atoms. The molecule has 3 aliphatic rings. The molecule has 3 rings (SSSR count). The number of allylic oxidation sites excluding steroid dienone is 3. The lowest BCUT2D eigenvalue weighted by Crippen LogP contribution is -2.26. The van der Waals surface area contributed by atoms with Gasteiger partial charge >= 0.3 is 0 Å². The first-order valence-electron chi connectivity index (χ1n) is 10.6. The Balaban J connectivity index is 1.45. The first kappa shape index (κ1) is 20.9. The van der Waals surface area contributed by atoms with Crippen LogP contribution in [0.4, 0.5) is 8.78 Å². The van der Waals surface area contributed by atoms with E-state index in [9.17, 15) is 8.78 Å². The molecule has 0 aromatic rings. The van der Waals surface area contributed by atoms with Crippen LogP contribution < -0.4 is 0 Å². The summed E-state index contributed by atoms with van der Waals surface area (Å²) in [4.78, 5) is 4.20. The van der Waals surface area contributed by atoms with Gasteiger partial charge in [0.25, 0.3) is 0 Å². The summed E-state index contributed by atoms with van der Waals surface area (Å²) in [6.07, 6.45) is 12.7. The van der Waals surface area contributed by atoms with Crippen molar-refractivity contribution >= 4 is 18.8 Å². The van der Waals surface area contributed by atoms with Crippen molar-refractivity contribution in [2.24, 2.45) is 22.7 Å². The molecule has 5 heteroatoms. The highest BCUT2D eigenvalue weighted by Gasteiger charge is 2.30. The van der Waals surface area contributed by atoms with Crippen LogP contribution in [0.25, 0.3) is 0 Å². The molecule has 1 aliphatic heterocycles. The molecule has 0 amide bonds. The molecule has 0 bridgehead atoms. The molecule has 0 radical (unpaired) electrons. The van der Waals surface area contributed by atoms with Crippen LogP contribution >= 0.6 is 12.6 Å². The van der Waals surface area contributed by atoms with Crippen LogP contribution in [0.15, 0.2) is 28.0 Å². The first-order valence-corrected chi connectivity index (χ1v) is 11.1. The molecule has 0 N–H and O–H groups in total.